The van der Waals surface area contributed by atoms with Crippen LogP contribution in [-0.2, 0) is 4.74 Å². The SMILES string of the molecule is COc1cc(OC)c2cc(C(=O)NCCCOCC3CC3)[nH]c2c1OC. The molecule has 3 rings (SSSR count). The number of benzene rings is 1. The lowest BCUT2D eigenvalue weighted by Gasteiger charge is -2.11. The predicted octanol–water partition coefficient (Wildman–Crippen LogP) is 2.74. The van der Waals surface area contributed by atoms with Gasteiger partial charge in [-0.2, -0.15) is 0 Å². The predicted molar refractivity (Wildman–Crippen MR) is 98.4 cm³/mol. The molecule has 1 saturated carbocycles. The van der Waals surface area contributed by atoms with E-state index in [0.29, 0.717) is 41.6 Å². The van der Waals surface area contributed by atoms with Crippen LogP contribution in [0.1, 0.15) is 29.8 Å². The summed E-state index contributed by atoms with van der Waals surface area (Å²) in [6, 6.07) is 3.50. The maximum atomic E-state index is 12.4. The molecular weight excluding hydrogens is 336 g/mol. The molecule has 0 atom stereocenters. The molecule has 1 amide bonds. The van der Waals surface area contributed by atoms with Gasteiger partial charge in [-0.25, -0.2) is 0 Å². The first kappa shape index (κ1) is 18.4. The van der Waals surface area contributed by atoms with Crippen LogP contribution >= 0.6 is 0 Å². The number of hydrogen-bond donors (Lipinski definition) is 2. The fourth-order valence-electron chi connectivity index (χ4n) is 2.86. The third-order valence-electron chi connectivity index (χ3n) is 4.49. The van der Waals surface area contributed by atoms with Gasteiger partial charge in [0.2, 0.25) is 0 Å². The van der Waals surface area contributed by atoms with Gasteiger partial charge in [0.05, 0.1) is 26.8 Å². The molecule has 1 fully saturated rings. The fraction of sp³-hybridized carbons (Fsp3) is 0.526. The highest BCUT2D eigenvalue weighted by Crippen LogP contribution is 2.41. The molecule has 1 aromatic heterocycles. The van der Waals surface area contributed by atoms with Gasteiger partial charge in [-0.15, -0.1) is 0 Å². The van der Waals surface area contributed by atoms with Crippen molar-refractivity contribution < 1.29 is 23.7 Å². The zero-order chi connectivity index (χ0) is 18.5. The quantitative estimate of drug-likeness (QED) is 0.635. The van der Waals surface area contributed by atoms with Gasteiger partial charge in [0.1, 0.15) is 11.4 Å². The molecule has 26 heavy (non-hydrogen) atoms. The van der Waals surface area contributed by atoms with Gasteiger partial charge in [0, 0.05) is 31.2 Å². The van der Waals surface area contributed by atoms with Gasteiger partial charge in [-0.3, -0.25) is 4.79 Å². The van der Waals surface area contributed by atoms with Crippen LogP contribution in [0.3, 0.4) is 0 Å². The molecule has 7 nitrogen and oxygen atoms in total. The van der Waals surface area contributed by atoms with Crippen LogP contribution in [-0.4, -0.2) is 52.0 Å². The average Bonchev–Trinajstić information content (AvgIpc) is 3.38. The average molecular weight is 362 g/mol. The van der Waals surface area contributed by atoms with Crippen molar-refractivity contribution in [2.45, 2.75) is 19.3 Å². The molecule has 0 aliphatic heterocycles. The second-order valence-electron chi connectivity index (χ2n) is 6.41. The lowest BCUT2D eigenvalue weighted by Crippen LogP contribution is -2.25. The summed E-state index contributed by atoms with van der Waals surface area (Å²) >= 11 is 0. The van der Waals surface area contributed by atoms with Gasteiger partial charge < -0.3 is 29.2 Å². The number of methoxy groups -OCH3 is 3. The van der Waals surface area contributed by atoms with Gasteiger partial charge in [-0.1, -0.05) is 0 Å². The summed E-state index contributed by atoms with van der Waals surface area (Å²) in [6.45, 7) is 2.08. The maximum Gasteiger partial charge on any atom is 0.267 e. The number of carbonyl (C=O) groups is 1. The number of ether oxygens (including phenoxy) is 4. The normalized spacial score (nSPS) is 13.7. The molecule has 0 saturated heterocycles. The Labute approximate surface area is 152 Å². The van der Waals surface area contributed by atoms with Crippen molar-refractivity contribution >= 4 is 16.8 Å². The Hall–Kier alpha value is -2.41. The highest BCUT2D eigenvalue weighted by molar-refractivity contribution is 6.02. The number of nitrogens with one attached hydrogen (secondary N) is 2. The van der Waals surface area contributed by atoms with Crippen LogP contribution in [0.5, 0.6) is 17.2 Å². The van der Waals surface area contributed by atoms with Gasteiger partial charge in [0.15, 0.2) is 11.5 Å². The fourth-order valence-corrected chi connectivity index (χ4v) is 2.86. The van der Waals surface area contributed by atoms with E-state index in [-0.39, 0.29) is 5.91 Å². The third kappa shape index (κ3) is 4.04. The number of amides is 1. The summed E-state index contributed by atoms with van der Waals surface area (Å²) in [5.41, 5.74) is 1.12. The van der Waals surface area contributed by atoms with Gasteiger partial charge >= 0.3 is 0 Å². The van der Waals surface area contributed by atoms with Crippen molar-refractivity contribution in [3.63, 3.8) is 0 Å². The van der Waals surface area contributed by atoms with Crippen LogP contribution < -0.4 is 19.5 Å². The number of aromatic amines is 1. The number of aromatic nitrogens is 1. The lowest BCUT2D eigenvalue weighted by atomic mass is 10.2. The summed E-state index contributed by atoms with van der Waals surface area (Å²) in [6.07, 6.45) is 3.36. The Bertz CT molecular complexity index is 767. The number of rotatable bonds is 10. The van der Waals surface area contributed by atoms with Crippen molar-refractivity contribution in [1.29, 1.82) is 0 Å². The van der Waals surface area contributed by atoms with Crippen LogP contribution in [0.25, 0.3) is 10.9 Å². The minimum absolute atomic E-state index is 0.175. The molecule has 0 radical (unpaired) electrons. The molecule has 0 bridgehead atoms. The van der Waals surface area contributed by atoms with Crippen LogP contribution in [0.15, 0.2) is 12.1 Å². The lowest BCUT2D eigenvalue weighted by molar-refractivity contribution is 0.0933. The molecule has 142 valence electrons. The molecule has 2 N–H and O–H groups in total. The summed E-state index contributed by atoms with van der Waals surface area (Å²) in [7, 11) is 4.70. The van der Waals surface area contributed by atoms with E-state index >= 15 is 0 Å². The minimum atomic E-state index is -0.175. The summed E-state index contributed by atoms with van der Waals surface area (Å²) < 4.78 is 21.8. The Morgan fingerprint density at radius 1 is 1.15 bits per heavy atom. The Kier molecular flexibility index (Phi) is 5.88. The number of H-pyrrole nitrogens is 1. The van der Waals surface area contributed by atoms with E-state index in [0.717, 1.165) is 24.3 Å². The Morgan fingerprint density at radius 3 is 2.58 bits per heavy atom. The largest absolute Gasteiger partial charge is 0.496 e. The minimum Gasteiger partial charge on any atom is -0.496 e. The summed E-state index contributed by atoms with van der Waals surface area (Å²) in [5.74, 6) is 2.28. The molecule has 1 aliphatic rings. The van der Waals surface area contributed by atoms with E-state index < -0.39 is 0 Å². The van der Waals surface area contributed by atoms with E-state index in [1.54, 1.807) is 33.5 Å². The molecule has 1 heterocycles. The number of fused-ring (bicyclic) bond motifs is 1. The molecule has 0 spiro atoms. The number of hydrogen-bond acceptors (Lipinski definition) is 5. The molecule has 1 aromatic carbocycles. The second-order valence-corrected chi connectivity index (χ2v) is 6.41. The van der Waals surface area contributed by atoms with Crippen molar-refractivity contribution in [3.8, 4) is 17.2 Å². The third-order valence-corrected chi connectivity index (χ3v) is 4.49. The van der Waals surface area contributed by atoms with Crippen molar-refractivity contribution in [2.24, 2.45) is 5.92 Å². The molecule has 0 unspecified atom stereocenters. The monoisotopic (exact) mass is 362 g/mol. The zero-order valence-electron chi connectivity index (χ0n) is 15.5. The first-order valence-corrected chi connectivity index (χ1v) is 8.85. The van der Waals surface area contributed by atoms with E-state index in [2.05, 4.69) is 10.3 Å². The molecule has 2 aromatic rings. The molecule has 7 heteroatoms. The van der Waals surface area contributed by atoms with Gasteiger partial charge in [-0.05, 0) is 31.2 Å². The highest BCUT2D eigenvalue weighted by atomic mass is 16.5. The smallest absolute Gasteiger partial charge is 0.267 e. The standard InChI is InChI=1S/C19H26N2O5/c1-23-15-10-16(24-2)18(25-3)17-13(15)9-14(21-17)19(22)20-7-4-8-26-11-12-5-6-12/h9-10,12,21H,4-8,11H2,1-3H3,(H,20,22). The molecule has 1 aliphatic carbocycles. The van der Waals surface area contributed by atoms with E-state index in [1.165, 1.54) is 12.8 Å². The van der Waals surface area contributed by atoms with Gasteiger partial charge in [0.25, 0.3) is 5.91 Å². The Morgan fingerprint density at radius 2 is 1.92 bits per heavy atom. The highest BCUT2D eigenvalue weighted by Gasteiger charge is 2.21. The summed E-state index contributed by atoms with van der Waals surface area (Å²) in [4.78, 5) is 15.5. The first-order valence-electron chi connectivity index (χ1n) is 8.85. The van der Waals surface area contributed by atoms with Crippen LogP contribution in [0.2, 0.25) is 0 Å². The topological polar surface area (TPSA) is 81.8 Å². The van der Waals surface area contributed by atoms with E-state index in [1.807, 2.05) is 0 Å². The van der Waals surface area contributed by atoms with Crippen LogP contribution in [0.4, 0.5) is 0 Å². The zero-order valence-corrected chi connectivity index (χ0v) is 15.5. The summed E-state index contributed by atoms with van der Waals surface area (Å²) in [5, 5.41) is 3.67. The number of carbonyl (C=O) groups excluding carboxylic acids is 1. The first-order chi connectivity index (χ1) is 12.7. The van der Waals surface area contributed by atoms with Crippen molar-refractivity contribution in [2.75, 3.05) is 41.1 Å². The van der Waals surface area contributed by atoms with Crippen LogP contribution in [0, 0.1) is 5.92 Å². The van der Waals surface area contributed by atoms with E-state index in [4.69, 9.17) is 18.9 Å². The van der Waals surface area contributed by atoms with E-state index in [9.17, 15) is 4.79 Å². The Balaban J connectivity index is 1.65. The van der Waals surface area contributed by atoms with Crippen molar-refractivity contribution in [3.05, 3.63) is 17.8 Å². The van der Waals surface area contributed by atoms with Crippen molar-refractivity contribution in [1.82, 2.24) is 10.3 Å². The molecular formula is C19H26N2O5. The second kappa shape index (κ2) is 8.31. The maximum absolute atomic E-state index is 12.4.